The molecule has 3 aromatic carbocycles. The van der Waals surface area contributed by atoms with E-state index in [0.29, 0.717) is 5.75 Å². The first-order chi connectivity index (χ1) is 9.16. The largest absolute Gasteiger partial charge is 0.508 e. The van der Waals surface area contributed by atoms with Crippen LogP contribution in [0.2, 0.25) is 0 Å². The number of hydrogen-bond donors (Lipinski definition) is 1. The predicted molar refractivity (Wildman–Crippen MR) is 80.5 cm³/mol. The molecule has 0 bridgehead atoms. The van der Waals surface area contributed by atoms with Crippen LogP contribution in [0.5, 0.6) is 5.75 Å². The third-order valence-electron chi connectivity index (χ3n) is 3.70. The minimum atomic E-state index is 0.319. The average Bonchev–Trinajstić information content (AvgIpc) is 2.41. The molecule has 1 nitrogen and oxygen atoms in total. The molecule has 0 saturated carbocycles. The van der Waals surface area contributed by atoms with Crippen molar-refractivity contribution in [3.8, 4) is 16.9 Å². The van der Waals surface area contributed by atoms with Crippen molar-refractivity contribution in [3.63, 3.8) is 0 Å². The van der Waals surface area contributed by atoms with E-state index in [1.54, 1.807) is 6.07 Å². The Morgan fingerprint density at radius 2 is 1.53 bits per heavy atom. The summed E-state index contributed by atoms with van der Waals surface area (Å²) in [5.41, 5.74) is 4.79. The van der Waals surface area contributed by atoms with Gasteiger partial charge in [-0.2, -0.15) is 0 Å². The van der Waals surface area contributed by atoms with Crippen molar-refractivity contribution < 1.29 is 5.11 Å². The van der Waals surface area contributed by atoms with E-state index in [9.17, 15) is 5.11 Å². The van der Waals surface area contributed by atoms with Crippen molar-refractivity contribution in [1.82, 2.24) is 0 Å². The number of benzene rings is 3. The standard InChI is InChI=1S/C18H16O/c1-12-11-15(19)8-10-16(12)18-9-7-14-5-3-4-6-17(14)13(18)2/h3-11,19H,1-2H3. The Morgan fingerprint density at radius 3 is 2.32 bits per heavy atom. The highest BCUT2D eigenvalue weighted by Crippen LogP contribution is 2.32. The number of aromatic hydroxyl groups is 1. The van der Waals surface area contributed by atoms with E-state index in [4.69, 9.17) is 0 Å². The molecule has 0 unspecified atom stereocenters. The number of hydrogen-bond acceptors (Lipinski definition) is 1. The van der Waals surface area contributed by atoms with E-state index in [1.807, 2.05) is 19.1 Å². The Morgan fingerprint density at radius 1 is 0.789 bits per heavy atom. The zero-order valence-electron chi connectivity index (χ0n) is 11.1. The normalized spacial score (nSPS) is 10.8. The smallest absolute Gasteiger partial charge is 0.115 e. The summed E-state index contributed by atoms with van der Waals surface area (Å²) in [4.78, 5) is 0. The first-order valence-corrected chi connectivity index (χ1v) is 6.45. The van der Waals surface area contributed by atoms with Gasteiger partial charge in [-0.3, -0.25) is 0 Å². The lowest BCUT2D eigenvalue weighted by Crippen LogP contribution is -1.88. The van der Waals surface area contributed by atoms with Gasteiger partial charge in [-0.05, 0) is 59.0 Å². The quantitative estimate of drug-likeness (QED) is 0.654. The lowest BCUT2D eigenvalue weighted by molar-refractivity contribution is 0.475. The molecule has 3 rings (SSSR count). The highest BCUT2D eigenvalue weighted by atomic mass is 16.3. The second kappa shape index (κ2) is 4.43. The molecule has 0 aliphatic carbocycles. The second-order valence-corrected chi connectivity index (χ2v) is 4.96. The zero-order chi connectivity index (χ0) is 13.4. The highest BCUT2D eigenvalue weighted by molar-refractivity contribution is 5.92. The van der Waals surface area contributed by atoms with Gasteiger partial charge in [0, 0.05) is 0 Å². The Hall–Kier alpha value is -2.28. The summed E-state index contributed by atoms with van der Waals surface area (Å²) in [5, 5.41) is 12.1. The van der Waals surface area contributed by atoms with E-state index >= 15 is 0 Å². The molecule has 0 spiro atoms. The lowest BCUT2D eigenvalue weighted by Gasteiger charge is -2.12. The Labute approximate surface area is 113 Å². The molecule has 0 aliphatic rings. The minimum Gasteiger partial charge on any atom is -0.508 e. The summed E-state index contributed by atoms with van der Waals surface area (Å²) in [6.07, 6.45) is 0. The van der Waals surface area contributed by atoms with Crippen LogP contribution in [-0.2, 0) is 0 Å². The van der Waals surface area contributed by atoms with Gasteiger partial charge in [-0.15, -0.1) is 0 Å². The third kappa shape index (κ3) is 1.97. The van der Waals surface area contributed by atoms with Gasteiger partial charge < -0.3 is 5.11 Å². The van der Waals surface area contributed by atoms with Crippen molar-refractivity contribution in [2.75, 3.05) is 0 Å². The fraction of sp³-hybridized carbons (Fsp3) is 0.111. The molecule has 0 amide bonds. The van der Waals surface area contributed by atoms with Crippen LogP contribution in [0.1, 0.15) is 11.1 Å². The highest BCUT2D eigenvalue weighted by Gasteiger charge is 2.08. The molecular weight excluding hydrogens is 232 g/mol. The van der Waals surface area contributed by atoms with Gasteiger partial charge in [-0.1, -0.05) is 42.5 Å². The molecule has 19 heavy (non-hydrogen) atoms. The third-order valence-corrected chi connectivity index (χ3v) is 3.70. The monoisotopic (exact) mass is 248 g/mol. The van der Waals surface area contributed by atoms with Gasteiger partial charge in [0.05, 0.1) is 0 Å². The van der Waals surface area contributed by atoms with E-state index < -0.39 is 0 Å². The van der Waals surface area contributed by atoms with Crippen LogP contribution in [-0.4, -0.2) is 5.11 Å². The van der Waals surface area contributed by atoms with Crippen molar-refractivity contribution in [3.05, 3.63) is 65.7 Å². The zero-order valence-corrected chi connectivity index (χ0v) is 11.1. The Kier molecular flexibility index (Phi) is 2.75. The lowest BCUT2D eigenvalue weighted by atomic mass is 9.93. The summed E-state index contributed by atoms with van der Waals surface area (Å²) >= 11 is 0. The molecule has 0 aliphatic heterocycles. The molecule has 0 fully saturated rings. The number of aryl methyl sites for hydroxylation is 2. The van der Waals surface area contributed by atoms with Crippen LogP contribution < -0.4 is 0 Å². The first-order valence-electron chi connectivity index (χ1n) is 6.45. The number of fused-ring (bicyclic) bond motifs is 1. The molecule has 0 atom stereocenters. The Bertz CT molecular complexity index is 757. The predicted octanol–water partition coefficient (Wildman–Crippen LogP) is 4.83. The van der Waals surface area contributed by atoms with E-state index in [-0.39, 0.29) is 0 Å². The van der Waals surface area contributed by atoms with Crippen LogP contribution in [0.4, 0.5) is 0 Å². The van der Waals surface area contributed by atoms with Gasteiger partial charge in [0.2, 0.25) is 0 Å². The minimum absolute atomic E-state index is 0.319. The fourth-order valence-electron chi connectivity index (χ4n) is 2.67. The molecule has 0 aromatic heterocycles. The summed E-state index contributed by atoms with van der Waals surface area (Å²) in [7, 11) is 0. The molecule has 0 saturated heterocycles. The second-order valence-electron chi connectivity index (χ2n) is 4.96. The number of phenolic OH excluding ortho intramolecular Hbond substituents is 1. The average molecular weight is 248 g/mol. The maximum atomic E-state index is 9.53. The van der Waals surface area contributed by atoms with E-state index in [2.05, 4.69) is 43.3 Å². The summed E-state index contributed by atoms with van der Waals surface area (Å²) in [6, 6.07) is 18.3. The van der Waals surface area contributed by atoms with Gasteiger partial charge in [0.1, 0.15) is 5.75 Å². The first kappa shape index (κ1) is 11.8. The van der Waals surface area contributed by atoms with Crippen LogP contribution in [0.3, 0.4) is 0 Å². The van der Waals surface area contributed by atoms with Crippen molar-refractivity contribution in [1.29, 1.82) is 0 Å². The maximum Gasteiger partial charge on any atom is 0.115 e. The van der Waals surface area contributed by atoms with Crippen molar-refractivity contribution >= 4 is 10.8 Å². The van der Waals surface area contributed by atoms with Gasteiger partial charge >= 0.3 is 0 Å². The summed E-state index contributed by atoms with van der Waals surface area (Å²) < 4.78 is 0. The van der Waals surface area contributed by atoms with Crippen LogP contribution in [0.15, 0.2) is 54.6 Å². The van der Waals surface area contributed by atoms with Gasteiger partial charge in [0.15, 0.2) is 0 Å². The number of phenols is 1. The maximum absolute atomic E-state index is 9.53. The van der Waals surface area contributed by atoms with E-state index in [1.165, 1.54) is 27.5 Å². The van der Waals surface area contributed by atoms with Crippen LogP contribution >= 0.6 is 0 Å². The van der Waals surface area contributed by atoms with Gasteiger partial charge in [0.25, 0.3) is 0 Å². The van der Waals surface area contributed by atoms with Crippen LogP contribution in [0.25, 0.3) is 21.9 Å². The van der Waals surface area contributed by atoms with Crippen molar-refractivity contribution in [2.45, 2.75) is 13.8 Å². The molecule has 3 aromatic rings. The number of rotatable bonds is 1. The summed E-state index contributed by atoms with van der Waals surface area (Å²) in [5.74, 6) is 0.319. The van der Waals surface area contributed by atoms with E-state index in [0.717, 1.165) is 5.56 Å². The van der Waals surface area contributed by atoms with Crippen molar-refractivity contribution in [2.24, 2.45) is 0 Å². The summed E-state index contributed by atoms with van der Waals surface area (Å²) in [6.45, 7) is 4.19. The molecule has 0 radical (unpaired) electrons. The molecule has 1 N–H and O–H groups in total. The van der Waals surface area contributed by atoms with Gasteiger partial charge in [-0.25, -0.2) is 0 Å². The topological polar surface area (TPSA) is 20.2 Å². The molecule has 1 heteroatoms. The Balaban J connectivity index is 2.28. The molecular formula is C18H16O. The molecule has 0 heterocycles. The molecule has 94 valence electrons. The van der Waals surface area contributed by atoms with Crippen LogP contribution in [0, 0.1) is 13.8 Å². The SMILES string of the molecule is Cc1cc(O)ccc1-c1ccc2ccccc2c1C. The fourth-order valence-corrected chi connectivity index (χ4v) is 2.67.